The summed E-state index contributed by atoms with van der Waals surface area (Å²) in [5.41, 5.74) is 2.11. The van der Waals surface area contributed by atoms with Gasteiger partial charge in [-0.15, -0.1) is 0 Å². The molecule has 0 unspecified atom stereocenters. The zero-order valence-corrected chi connectivity index (χ0v) is 24.0. The third kappa shape index (κ3) is 5.39. The van der Waals surface area contributed by atoms with Crippen molar-refractivity contribution < 1.29 is 26.3 Å². The normalized spacial score (nSPS) is 19.2. The fraction of sp³-hybridized carbons (Fsp3) is 0.273. The molecule has 4 aromatic carbocycles. The monoisotopic (exact) mass is 592 g/mol. The molecule has 1 aliphatic carbocycles. The van der Waals surface area contributed by atoms with Crippen LogP contribution in [-0.2, 0) is 10.0 Å². The summed E-state index contributed by atoms with van der Waals surface area (Å²) < 4.78 is 78.0. The second kappa shape index (κ2) is 11.5. The molecule has 42 heavy (non-hydrogen) atoms. The number of likely N-dealkylation sites (N-methyl/N-ethyl adjacent to an activating group) is 1. The maximum atomic E-state index is 14.4. The molecule has 0 bridgehead atoms. The zero-order valence-electron chi connectivity index (χ0n) is 23.1. The first-order chi connectivity index (χ1) is 20.2. The van der Waals surface area contributed by atoms with Gasteiger partial charge in [-0.25, -0.2) is 21.6 Å². The summed E-state index contributed by atoms with van der Waals surface area (Å²) in [4.78, 5) is 2.09. The van der Waals surface area contributed by atoms with Crippen LogP contribution in [0, 0.1) is 23.4 Å². The van der Waals surface area contributed by atoms with Crippen LogP contribution >= 0.6 is 0 Å². The molecule has 1 atom stereocenters. The lowest BCUT2D eigenvalue weighted by Crippen LogP contribution is -2.46. The molecule has 218 valence electrons. The van der Waals surface area contributed by atoms with E-state index in [1.807, 2.05) is 35.2 Å². The van der Waals surface area contributed by atoms with Crippen molar-refractivity contribution in [2.45, 2.75) is 43.0 Å². The van der Waals surface area contributed by atoms with Gasteiger partial charge in [0.05, 0.1) is 5.69 Å². The van der Waals surface area contributed by atoms with Crippen molar-refractivity contribution in [2.24, 2.45) is 5.92 Å². The van der Waals surface area contributed by atoms with Crippen LogP contribution in [0.3, 0.4) is 0 Å². The van der Waals surface area contributed by atoms with E-state index in [0.717, 1.165) is 49.9 Å². The number of para-hydroxylation sites is 1. The lowest BCUT2D eigenvalue weighted by atomic mass is 9.83. The highest BCUT2D eigenvalue weighted by atomic mass is 32.2. The topological polar surface area (TPSA) is 49.9 Å². The average molecular weight is 593 g/mol. The van der Waals surface area contributed by atoms with Gasteiger partial charge in [0, 0.05) is 43.0 Å². The van der Waals surface area contributed by atoms with Crippen molar-refractivity contribution in [3.63, 3.8) is 0 Å². The van der Waals surface area contributed by atoms with E-state index in [9.17, 15) is 21.6 Å². The minimum absolute atomic E-state index is 0.0390. The van der Waals surface area contributed by atoms with Crippen LogP contribution < -0.4 is 9.64 Å². The van der Waals surface area contributed by atoms with Crippen LogP contribution in [0.4, 0.5) is 24.5 Å². The molecular weight excluding hydrogens is 561 g/mol. The Kier molecular flexibility index (Phi) is 7.72. The van der Waals surface area contributed by atoms with Gasteiger partial charge < -0.3 is 9.64 Å². The van der Waals surface area contributed by atoms with Crippen LogP contribution in [0.1, 0.15) is 32.1 Å². The quantitative estimate of drug-likeness (QED) is 0.234. The van der Waals surface area contributed by atoms with Gasteiger partial charge in [0.15, 0.2) is 11.6 Å². The van der Waals surface area contributed by atoms with Gasteiger partial charge in [0.25, 0.3) is 0 Å². The van der Waals surface area contributed by atoms with Crippen molar-refractivity contribution in [3.05, 3.63) is 102 Å². The van der Waals surface area contributed by atoms with Crippen LogP contribution in [0.5, 0.6) is 11.5 Å². The van der Waals surface area contributed by atoms with Gasteiger partial charge in [-0.3, -0.25) is 0 Å². The van der Waals surface area contributed by atoms with Gasteiger partial charge in [0.2, 0.25) is 10.0 Å². The Hall–Kier alpha value is -3.82. The van der Waals surface area contributed by atoms with Gasteiger partial charge >= 0.3 is 0 Å². The van der Waals surface area contributed by atoms with Crippen molar-refractivity contribution in [1.82, 2.24) is 4.31 Å². The molecule has 0 N–H and O–H groups in total. The summed E-state index contributed by atoms with van der Waals surface area (Å²) in [6, 6.07) is 21.3. The lowest BCUT2D eigenvalue weighted by molar-refractivity contribution is 0.218. The molecule has 0 aromatic heterocycles. The molecule has 0 radical (unpaired) electrons. The summed E-state index contributed by atoms with van der Waals surface area (Å²) in [6.07, 6.45) is 5.18. The Labute approximate surface area is 244 Å². The molecule has 9 heteroatoms. The number of ether oxygens (including phenoxy) is 1. The van der Waals surface area contributed by atoms with Crippen LogP contribution in [0.2, 0.25) is 0 Å². The predicted molar refractivity (Wildman–Crippen MR) is 157 cm³/mol. The Morgan fingerprint density at radius 2 is 1.52 bits per heavy atom. The maximum absolute atomic E-state index is 14.4. The molecule has 2 aliphatic rings. The third-order valence-electron chi connectivity index (χ3n) is 8.38. The fourth-order valence-corrected chi connectivity index (χ4v) is 7.73. The second-order valence-electron chi connectivity index (χ2n) is 10.9. The number of halogens is 3. The Morgan fingerprint density at radius 1 is 0.810 bits per heavy atom. The number of sulfonamides is 1. The summed E-state index contributed by atoms with van der Waals surface area (Å²) in [5, 5.41) is 0. The molecule has 0 spiro atoms. The summed E-state index contributed by atoms with van der Waals surface area (Å²) >= 11 is 0. The molecule has 1 heterocycles. The third-order valence-corrected chi connectivity index (χ3v) is 10.3. The molecule has 6 rings (SSSR count). The maximum Gasteiger partial charge on any atom is 0.245 e. The first-order valence-electron chi connectivity index (χ1n) is 14.1. The fourth-order valence-electron chi connectivity index (χ4n) is 6.12. The van der Waals surface area contributed by atoms with E-state index < -0.39 is 27.5 Å². The number of fused-ring (bicyclic) bond motifs is 1. The standard InChI is InChI=1S/C33H31F3N2O3S/c1-37-31(23-8-4-2-5-9-23)21-38(25-10-6-3-7-11-25)30-20-32(41-26-16-17-28(35)29(36)18-26)27(19-33(30)42(37,39)40)22-12-14-24(34)15-13-22/h3,6-7,10-20,23,31H,2,4-5,8-9,21H2,1H3/t31-/m0/s1. The molecule has 0 amide bonds. The van der Waals surface area contributed by atoms with Gasteiger partial charge in [0.1, 0.15) is 22.2 Å². The highest BCUT2D eigenvalue weighted by molar-refractivity contribution is 7.89. The number of benzene rings is 4. The van der Waals surface area contributed by atoms with E-state index in [2.05, 4.69) is 0 Å². The van der Waals surface area contributed by atoms with Crippen LogP contribution in [0.15, 0.2) is 89.8 Å². The number of nitrogens with zero attached hydrogens (tertiary/aromatic N) is 2. The molecule has 4 aromatic rings. The SMILES string of the molecule is CN1[C@H](C2CCCCC2)CN(c2ccccc2)c2cc(Oc3ccc(F)c(F)c3)c(-c3ccc(F)cc3)cc2S1(=O)=O. The smallest absolute Gasteiger partial charge is 0.245 e. The second-order valence-corrected chi connectivity index (χ2v) is 12.9. The lowest BCUT2D eigenvalue weighted by Gasteiger charge is -2.36. The van der Waals surface area contributed by atoms with Crippen molar-refractivity contribution in [2.75, 3.05) is 18.5 Å². The summed E-state index contributed by atoms with van der Waals surface area (Å²) in [6.45, 7) is 0.428. The Balaban J connectivity index is 1.58. The summed E-state index contributed by atoms with van der Waals surface area (Å²) in [7, 11) is -2.34. The van der Waals surface area contributed by atoms with E-state index in [1.165, 1.54) is 34.6 Å². The van der Waals surface area contributed by atoms with Crippen LogP contribution in [0.25, 0.3) is 11.1 Å². The van der Waals surface area contributed by atoms with E-state index in [1.54, 1.807) is 19.2 Å². The highest BCUT2D eigenvalue weighted by Gasteiger charge is 2.41. The molecule has 0 saturated heterocycles. The minimum Gasteiger partial charge on any atom is -0.457 e. The molecular formula is C33H31F3N2O3S. The van der Waals surface area contributed by atoms with E-state index in [4.69, 9.17) is 4.74 Å². The predicted octanol–water partition coefficient (Wildman–Crippen LogP) is 8.28. The molecule has 1 aliphatic heterocycles. The van der Waals surface area contributed by atoms with Crippen molar-refractivity contribution in [3.8, 4) is 22.6 Å². The number of anilines is 2. The van der Waals surface area contributed by atoms with Crippen molar-refractivity contribution in [1.29, 1.82) is 0 Å². The van der Waals surface area contributed by atoms with Gasteiger partial charge in [-0.1, -0.05) is 49.6 Å². The van der Waals surface area contributed by atoms with Gasteiger partial charge in [-0.05, 0) is 66.8 Å². The van der Waals surface area contributed by atoms with E-state index in [-0.39, 0.29) is 28.4 Å². The Morgan fingerprint density at radius 3 is 2.21 bits per heavy atom. The van der Waals surface area contributed by atoms with E-state index in [0.29, 0.717) is 23.4 Å². The minimum atomic E-state index is -3.98. The summed E-state index contributed by atoms with van der Waals surface area (Å²) in [5.74, 6) is -2.07. The average Bonchev–Trinajstić information content (AvgIpc) is 3.08. The van der Waals surface area contributed by atoms with E-state index >= 15 is 0 Å². The van der Waals surface area contributed by atoms with Gasteiger partial charge in [-0.2, -0.15) is 4.31 Å². The molecule has 5 nitrogen and oxygen atoms in total. The number of rotatable bonds is 5. The van der Waals surface area contributed by atoms with Crippen LogP contribution in [-0.4, -0.2) is 32.4 Å². The molecule has 1 saturated carbocycles. The van der Waals surface area contributed by atoms with Crippen molar-refractivity contribution >= 4 is 21.4 Å². The first-order valence-corrected chi connectivity index (χ1v) is 15.5. The highest BCUT2D eigenvalue weighted by Crippen LogP contribution is 2.46. The number of hydrogen-bond acceptors (Lipinski definition) is 4. The zero-order chi connectivity index (χ0) is 29.4. The first kappa shape index (κ1) is 28.3. The Bertz CT molecular complexity index is 1690. The molecule has 1 fully saturated rings. The number of hydrogen-bond donors (Lipinski definition) is 0. The largest absolute Gasteiger partial charge is 0.457 e.